The molecular weight excluding hydrogens is 213 g/mol. The van der Waals surface area contributed by atoms with Gasteiger partial charge in [-0.1, -0.05) is 35.5 Å². The first kappa shape index (κ1) is 10.0. The fraction of sp³-hybridized carbons (Fsp3) is 0.100. The van der Waals surface area contributed by atoms with Crippen molar-refractivity contribution in [3.63, 3.8) is 0 Å². The molecule has 0 radical (unpaired) electrons. The van der Waals surface area contributed by atoms with Gasteiger partial charge in [0, 0.05) is 11.6 Å². The predicted molar refractivity (Wildman–Crippen MR) is 55.5 cm³/mol. The van der Waals surface area contributed by atoms with Gasteiger partial charge in [-0.25, -0.2) is 0 Å². The van der Waals surface area contributed by atoms with Crippen LogP contribution in [0.4, 0.5) is 0 Å². The van der Waals surface area contributed by atoms with Crippen molar-refractivity contribution in [2.45, 2.75) is 6.16 Å². The molecule has 0 amide bonds. The van der Waals surface area contributed by atoms with E-state index in [1.165, 1.54) is 0 Å². The Morgan fingerprint density at radius 2 is 2.07 bits per heavy atom. The molecule has 15 heavy (non-hydrogen) atoms. The first-order valence-corrected chi connectivity index (χ1v) is 5.80. The van der Waals surface area contributed by atoms with E-state index in [4.69, 9.17) is 9.42 Å². The molecule has 0 aliphatic rings. The highest BCUT2D eigenvalue weighted by Gasteiger charge is 2.16. The van der Waals surface area contributed by atoms with Gasteiger partial charge in [0.25, 0.3) is 0 Å². The molecule has 5 heteroatoms. The maximum atomic E-state index is 10.6. The lowest BCUT2D eigenvalue weighted by molar-refractivity contribution is 0.424. The standard InChI is InChI=1S/C10H8NO3P/c12-15(13)7-9-6-10(14-11-9)8-4-2-1-3-5-8/h1-6H,7H2/p+1. The molecule has 0 aliphatic heterocycles. The minimum atomic E-state index is -2.20. The molecule has 4 nitrogen and oxygen atoms in total. The summed E-state index contributed by atoms with van der Waals surface area (Å²) in [4.78, 5) is 8.71. The summed E-state index contributed by atoms with van der Waals surface area (Å²) < 4.78 is 15.6. The lowest BCUT2D eigenvalue weighted by atomic mass is 10.2. The average Bonchev–Trinajstić information content (AvgIpc) is 2.67. The van der Waals surface area contributed by atoms with Crippen molar-refractivity contribution in [3.8, 4) is 11.3 Å². The third-order valence-corrected chi connectivity index (χ3v) is 2.51. The van der Waals surface area contributed by atoms with Crippen molar-refractivity contribution in [2.75, 3.05) is 0 Å². The average molecular weight is 222 g/mol. The van der Waals surface area contributed by atoms with Crippen LogP contribution in [0.5, 0.6) is 0 Å². The third kappa shape index (κ3) is 2.49. The van der Waals surface area contributed by atoms with Gasteiger partial charge in [-0.15, -0.1) is 0 Å². The topological polar surface area (TPSA) is 63.3 Å². The van der Waals surface area contributed by atoms with E-state index in [9.17, 15) is 4.57 Å². The fourth-order valence-corrected chi connectivity index (χ4v) is 1.69. The Morgan fingerprint density at radius 3 is 2.73 bits per heavy atom. The first-order valence-electron chi connectivity index (χ1n) is 4.40. The number of aromatic nitrogens is 1. The summed E-state index contributed by atoms with van der Waals surface area (Å²) in [6, 6.07) is 11.2. The van der Waals surface area contributed by atoms with Crippen LogP contribution < -0.4 is 0 Å². The molecule has 0 bridgehead atoms. The second-order valence-corrected chi connectivity index (χ2v) is 4.08. The van der Waals surface area contributed by atoms with E-state index in [0.29, 0.717) is 11.5 Å². The zero-order valence-electron chi connectivity index (χ0n) is 7.83. The SMILES string of the molecule is O=[P+](O)Cc1cc(-c2ccccc2)on1. The Kier molecular flexibility index (Phi) is 2.90. The van der Waals surface area contributed by atoms with Gasteiger partial charge >= 0.3 is 8.03 Å². The molecule has 76 valence electrons. The molecule has 1 aromatic carbocycles. The summed E-state index contributed by atoms with van der Waals surface area (Å²) in [6.45, 7) is 0. The van der Waals surface area contributed by atoms with E-state index >= 15 is 0 Å². The van der Waals surface area contributed by atoms with Gasteiger partial charge < -0.3 is 4.52 Å². The van der Waals surface area contributed by atoms with Gasteiger partial charge in [-0.2, -0.15) is 4.89 Å². The molecule has 2 rings (SSSR count). The van der Waals surface area contributed by atoms with Crippen molar-refractivity contribution in [3.05, 3.63) is 42.1 Å². The smallest absolute Gasteiger partial charge is 0.356 e. The Morgan fingerprint density at radius 1 is 1.33 bits per heavy atom. The van der Waals surface area contributed by atoms with E-state index in [0.717, 1.165) is 5.56 Å². The van der Waals surface area contributed by atoms with Gasteiger partial charge in [-0.3, -0.25) is 0 Å². The Labute approximate surface area is 87.4 Å². The van der Waals surface area contributed by atoms with Crippen LogP contribution >= 0.6 is 8.03 Å². The second-order valence-electron chi connectivity index (χ2n) is 3.06. The fourth-order valence-electron chi connectivity index (χ4n) is 1.26. The van der Waals surface area contributed by atoms with Crippen LogP contribution in [0, 0.1) is 0 Å². The van der Waals surface area contributed by atoms with E-state index in [2.05, 4.69) is 5.16 Å². The molecular formula is C10H9NO3P+. The minimum Gasteiger partial charge on any atom is -0.356 e. The van der Waals surface area contributed by atoms with Crippen molar-refractivity contribution >= 4 is 8.03 Å². The van der Waals surface area contributed by atoms with Gasteiger partial charge in [0.2, 0.25) is 6.16 Å². The van der Waals surface area contributed by atoms with Crippen LogP contribution in [-0.4, -0.2) is 10.1 Å². The highest BCUT2D eigenvalue weighted by atomic mass is 31.1. The maximum absolute atomic E-state index is 10.6. The molecule has 1 atom stereocenters. The summed E-state index contributed by atoms with van der Waals surface area (Å²) in [7, 11) is -2.20. The molecule has 0 spiro atoms. The summed E-state index contributed by atoms with van der Waals surface area (Å²) in [6.07, 6.45) is 0.0334. The Balaban J connectivity index is 2.24. The van der Waals surface area contributed by atoms with Crippen LogP contribution in [0.1, 0.15) is 5.69 Å². The van der Waals surface area contributed by atoms with Crippen LogP contribution in [0.2, 0.25) is 0 Å². The molecule has 0 saturated heterocycles. The summed E-state index contributed by atoms with van der Waals surface area (Å²) in [5.41, 5.74) is 1.40. The van der Waals surface area contributed by atoms with Gasteiger partial charge in [-0.05, 0) is 4.57 Å². The molecule has 0 fully saturated rings. The quantitative estimate of drug-likeness (QED) is 0.810. The number of rotatable bonds is 3. The highest BCUT2D eigenvalue weighted by molar-refractivity contribution is 7.37. The number of hydrogen-bond acceptors (Lipinski definition) is 3. The van der Waals surface area contributed by atoms with Gasteiger partial charge in [0.05, 0.1) is 0 Å². The summed E-state index contributed by atoms with van der Waals surface area (Å²) in [5, 5.41) is 3.71. The molecule has 1 heterocycles. The van der Waals surface area contributed by atoms with E-state index in [1.807, 2.05) is 30.3 Å². The lowest BCUT2D eigenvalue weighted by Crippen LogP contribution is -1.76. The number of hydrogen-bond donors (Lipinski definition) is 1. The van der Waals surface area contributed by atoms with Crippen LogP contribution in [0.15, 0.2) is 40.9 Å². The highest BCUT2D eigenvalue weighted by Crippen LogP contribution is 2.25. The zero-order chi connectivity index (χ0) is 10.7. The molecule has 2 aromatic rings. The van der Waals surface area contributed by atoms with E-state index in [-0.39, 0.29) is 6.16 Å². The van der Waals surface area contributed by atoms with E-state index in [1.54, 1.807) is 6.07 Å². The Bertz CT molecular complexity index is 467. The zero-order valence-corrected chi connectivity index (χ0v) is 8.72. The van der Waals surface area contributed by atoms with Crippen molar-refractivity contribution < 1.29 is 14.0 Å². The molecule has 0 saturated carbocycles. The maximum Gasteiger partial charge on any atom is 0.512 e. The van der Waals surface area contributed by atoms with Crippen molar-refractivity contribution in [2.24, 2.45) is 0 Å². The van der Waals surface area contributed by atoms with Crippen LogP contribution in [-0.2, 0) is 10.7 Å². The van der Waals surface area contributed by atoms with Crippen molar-refractivity contribution in [1.82, 2.24) is 5.16 Å². The normalized spacial score (nSPS) is 11.4. The molecule has 1 unspecified atom stereocenters. The first-order chi connectivity index (χ1) is 7.25. The molecule has 1 N–H and O–H groups in total. The minimum absolute atomic E-state index is 0.0334. The molecule has 1 aromatic heterocycles. The number of benzene rings is 1. The van der Waals surface area contributed by atoms with Crippen LogP contribution in [0.3, 0.4) is 0 Å². The monoisotopic (exact) mass is 222 g/mol. The van der Waals surface area contributed by atoms with E-state index < -0.39 is 8.03 Å². The lowest BCUT2D eigenvalue weighted by Gasteiger charge is -1.91. The van der Waals surface area contributed by atoms with Crippen LogP contribution in [0.25, 0.3) is 11.3 Å². The molecule has 0 aliphatic carbocycles. The predicted octanol–water partition coefficient (Wildman–Crippen LogP) is 2.58. The number of nitrogens with zero attached hydrogens (tertiary/aromatic N) is 1. The summed E-state index contributed by atoms with van der Waals surface area (Å²) in [5.74, 6) is 0.613. The summed E-state index contributed by atoms with van der Waals surface area (Å²) >= 11 is 0. The Hall–Kier alpha value is -1.51. The largest absolute Gasteiger partial charge is 0.512 e. The van der Waals surface area contributed by atoms with Crippen molar-refractivity contribution in [1.29, 1.82) is 0 Å². The van der Waals surface area contributed by atoms with Gasteiger partial charge in [0.1, 0.15) is 5.69 Å². The second kappa shape index (κ2) is 4.34. The third-order valence-electron chi connectivity index (χ3n) is 1.91. The van der Waals surface area contributed by atoms with Gasteiger partial charge in [0.15, 0.2) is 5.76 Å².